The second-order valence-electron chi connectivity index (χ2n) is 5.39. The van der Waals surface area contributed by atoms with Crippen molar-refractivity contribution in [3.63, 3.8) is 0 Å². The summed E-state index contributed by atoms with van der Waals surface area (Å²) in [4.78, 5) is 13.9. The lowest BCUT2D eigenvalue weighted by atomic mass is 10.1. The number of aryl methyl sites for hydroxylation is 1. The highest BCUT2D eigenvalue weighted by Crippen LogP contribution is 2.12. The van der Waals surface area contributed by atoms with E-state index < -0.39 is 0 Å². The molecule has 0 radical (unpaired) electrons. The first kappa shape index (κ1) is 16.0. The molecule has 0 saturated carbocycles. The minimum Gasteiger partial charge on any atom is -0.392 e. The molecule has 2 N–H and O–H groups in total. The molecule has 116 valence electrons. The van der Waals surface area contributed by atoms with Gasteiger partial charge in [0, 0.05) is 19.3 Å². The zero-order valence-corrected chi connectivity index (χ0v) is 13.0. The highest BCUT2D eigenvalue weighted by molar-refractivity contribution is 5.80. The van der Waals surface area contributed by atoms with Crippen LogP contribution in [0.15, 0.2) is 48.5 Å². The molecule has 0 aliphatic carbocycles. The van der Waals surface area contributed by atoms with E-state index in [9.17, 15) is 4.79 Å². The van der Waals surface area contributed by atoms with Crippen LogP contribution in [0.2, 0.25) is 0 Å². The number of carbonyl (C=O) groups excluding carboxylic acids is 1. The first-order valence-corrected chi connectivity index (χ1v) is 7.32. The molecule has 2 rings (SSSR count). The van der Waals surface area contributed by atoms with E-state index in [0.717, 1.165) is 16.8 Å². The molecule has 0 aromatic heterocycles. The molecule has 0 heterocycles. The summed E-state index contributed by atoms with van der Waals surface area (Å²) in [6.45, 7) is 2.88. The van der Waals surface area contributed by atoms with Crippen molar-refractivity contribution in [2.24, 2.45) is 0 Å². The van der Waals surface area contributed by atoms with Crippen LogP contribution in [0.25, 0.3) is 0 Å². The van der Waals surface area contributed by atoms with E-state index in [-0.39, 0.29) is 19.1 Å². The normalized spacial score (nSPS) is 10.3. The Labute approximate surface area is 131 Å². The standard InChI is InChI=1S/C18H22N2O2/c1-14-6-3-4-8-16(14)12-20(2)18(22)11-19-17-9-5-7-15(10-17)13-21/h3-10,19,21H,11-13H2,1-2H3. The molecule has 0 aliphatic heterocycles. The fraction of sp³-hybridized carbons (Fsp3) is 0.278. The molecule has 0 aliphatic rings. The molecule has 0 fully saturated rings. The van der Waals surface area contributed by atoms with Crippen molar-refractivity contribution < 1.29 is 9.90 Å². The number of anilines is 1. The third kappa shape index (κ3) is 4.33. The average molecular weight is 298 g/mol. The van der Waals surface area contributed by atoms with Crippen molar-refractivity contribution in [2.75, 3.05) is 18.9 Å². The predicted octanol–water partition coefficient (Wildman–Crippen LogP) is 2.56. The summed E-state index contributed by atoms with van der Waals surface area (Å²) in [6, 6.07) is 15.5. The maximum Gasteiger partial charge on any atom is 0.241 e. The zero-order valence-electron chi connectivity index (χ0n) is 13.0. The Morgan fingerprint density at radius 2 is 1.95 bits per heavy atom. The first-order chi connectivity index (χ1) is 10.6. The van der Waals surface area contributed by atoms with E-state index >= 15 is 0 Å². The number of rotatable bonds is 6. The summed E-state index contributed by atoms with van der Waals surface area (Å²) in [6.07, 6.45) is 0. The first-order valence-electron chi connectivity index (χ1n) is 7.32. The van der Waals surface area contributed by atoms with E-state index in [1.54, 1.807) is 11.9 Å². The van der Waals surface area contributed by atoms with E-state index in [1.165, 1.54) is 5.56 Å². The molecule has 22 heavy (non-hydrogen) atoms. The molecule has 2 aromatic carbocycles. The lowest BCUT2D eigenvalue weighted by molar-refractivity contribution is -0.128. The minimum absolute atomic E-state index is 0.00332. The Hall–Kier alpha value is -2.33. The fourth-order valence-electron chi connectivity index (χ4n) is 2.22. The summed E-state index contributed by atoms with van der Waals surface area (Å²) in [5.41, 5.74) is 4.00. The van der Waals surface area contributed by atoms with Crippen LogP contribution >= 0.6 is 0 Å². The molecule has 4 heteroatoms. The van der Waals surface area contributed by atoms with Gasteiger partial charge in [-0.25, -0.2) is 0 Å². The van der Waals surface area contributed by atoms with Gasteiger partial charge in [-0.05, 0) is 35.7 Å². The Morgan fingerprint density at radius 1 is 1.18 bits per heavy atom. The summed E-state index contributed by atoms with van der Waals surface area (Å²) in [5.74, 6) is 0.0256. The lowest BCUT2D eigenvalue weighted by Gasteiger charge is -2.19. The largest absolute Gasteiger partial charge is 0.392 e. The average Bonchev–Trinajstić information content (AvgIpc) is 2.54. The monoisotopic (exact) mass is 298 g/mol. The van der Waals surface area contributed by atoms with Gasteiger partial charge in [-0.15, -0.1) is 0 Å². The van der Waals surface area contributed by atoms with Gasteiger partial charge >= 0.3 is 0 Å². The van der Waals surface area contributed by atoms with Crippen molar-refractivity contribution in [1.29, 1.82) is 0 Å². The molecule has 2 aromatic rings. The smallest absolute Gasteiger partial charge is 0.241 e. The van der Waals surface area contributed by atoms with Crippen LogP contribution in [-0.2, 0) is 17.9 Å². The SMILES string of the molecule is Cc1ccccc1CN(C)C(=O)CNc1cccc(CO)c1. The second-order valence-corrected chi connectivity index (χ2v) is 5.39. The van der Waals surface area contributed by atoms with Gasteiger partial charge in [-0.2, -0.15) is 0 Å². The predicted molar refractivity (Wildman–Crippen MR) is 88.5 cm³/mol. The van der Waals surface area contributed by atoms with E-state index in [1.807, 2.05) is 55.5 Å². The van der Waals surface area contributed by atoms with Crippen LogP contribution in [0.5, 0.6) is 0 Å². The number of carbonyl (C=O) groups is 1. The van der Waals surface area contributed by atoms with Crippen molar-refractivity contribution in [3.05, 3.63) is 65.2 Å². The van der Waals surface area contributed by atoms with Gasteiger partial charge in [0.25, 0.3) is 0 Å². The molecule has 4 nitrogen and oxygen atoms in total. The van der Waals surface area contributed by atoms with Crippen LogP contribution in [0.3, 0.4) is 0 Å². The molecule has 0 atom stereocenters. The van der Waals surface area contributed by atoms with Crippen molar-refractivity contribution in [2.45, 2.75) is 20.1 Å². The van der Waals surface area contributed by atoms with Crippen LogP contribution in [0.1, 0.15) is 16.7 Å². The Morgan fingerprint density at radius 3 is 2.68 bits per heavy atom. The number of nitrogens with one attached hydrogen (secondary N) is 1. The minimum atomic E-state index is -0.00332. The number of amides is 1. The quantitative estimate of drug-likeness (QED) is 0.862. The maximum absolute atomic E-state index is 12.2. The van der Waals surface area contributed by atoms with Gasteiger partial charge in [0.05, 0.1) is 13.2 Å². The number of nitrogens with zero attached hydrogens (tertiary/aromatic N) is 1. The number of aliphatic hydroxyl groups excluding tert-OH is 1. The molecular weight excluding hydrogens is 276 g/mol. The Kier molecular flexibility index (Phi) is 5.55. The summed E-state index contributed by atoms with van der Waals surface area (Å²) in [5, 5.41) is 12.2. The van der Waals surface area contributed by atoms with Crippen molar-refractivity contribution in [3.8, 4) is 0 Å². The van der Waals surface area contributed by atoms with Gasteiger partial charge in [-0.1, -0.05) is 36.4 Å². The Balaban J connectivity index is 1.90. The van der Waals surface area contributed by atoms with Gasteiger partial charge in [0.15, 0.2) is 0 Å². The van der Waals surface area contributed by atoms with Gasteiger partial charge in [0.1, 0.15) is 0 Å². The van der Waals surface area contributed by atoms with Crippen LogP contribution in [0.4, 0.5) is 5.69 Å². The van der Waals surface area contributed by atoms with Crippen molar-refractivity contribution in [1.82, 2.24) is 4.90 Å². The fourth-order valence-corrected chi connectivity index (χ4v) is 2.22. The summed E-state index contributed by atoms with van der Waals surface area (Å²) in [7, 11) is 1.81. The van der Waals surface area contributed by atoms with Crippen molar-refractivity contribution >= 4 is 11.6 Å². The highest BCUT2D eigenvalue weighted by Gasteiger charge is 2.10. The lowest BCUT2D eigenvalue weighted by Crippen LogP contribution is -2.32. The molecule has 1 amide bonds. The van der Waals surface area contributed by atoms with E-state index in [4.69, 9.17) is 5.11 Å². The molecular formula is C18H22N2O2. The van der Waals surface area contributed by atoms with Crippen LogP contribution < -0.4 is 5.32 Å². The topological polar surface area (TPSA) is 52.6 Å². The molecule has 0 unspecified atom stereocenters. The van der Waals surface area contributed by atoms with Crippen LogP contribution in [-0.4, -0.2) is 29.5 Å². The number of likely N-dealkylation sites (N-methyl/N-ethyl adjacent to an activating group) is 1. The number of aliphatic hydroxyl groups is 1. The highest BCUT2D eigenvalue weighted by atomic mass is 16.3. The van der Waals surface area contributed by atoms with Gasteiger partial charge in [-0.3, -0.25) is 4.79 Å². The van der Waals surface area contributed by atoms with Crippen LogP contribution in [0, 0.1) is 6.92 Å². The summed E-state index contributed by atoms with van der Waals surface area (Å²) >= 11 is 0. The van der Waals surface area contributed by atoms with E-state index in [0.29, 0.717) is 6.54 Å². The number of benzene rings is 2. The Bertz CT molecular complexity index is 640. The zero-order chi connectivity index (χ0) is 15.9. The third-order valence-electron chi connectivity index (χ3n) is 3.65. The molecule has 0 saturated heterocycles. The summed E-state index contributed by atoms with van der Waals surface area (Å²) < 4.78 is 0. The maximum atomic E-state index is 12.2. The molecule has 0 bridgehead atoms. The molecule has 0 spiro atoms. The number of hydrogen-bond donors (Lipinski definition) is 2. The third-order valence-corrected chi connectivity index (χ3v) is 3.65. The van der Waals surface area contributed by atoms with Gasteiger partial charge in [0.2, 0.25) is 5.91 Å². The second kappa shape index (κ2) is 7.61. The van der Waals surface area contributed by atoms with E-state index in [2.05, 4.69) is 5.32 Å². The van der Waals surface area contributed by atoms with Gasteiger partial charge < -0.3 is 15.3 Å². The number of hydrogen-bond acceptors (Lipinski definition) is 3.